The number of hydrogen-bond acceptors (Lipinski definition) is 5. The minimum Gasteiger partial charge on any atom is -0.455 e. The van der Waals surface area contributed by atoms with Crippen LogP contribution in [0.4, 0.5) is 68.2 Å². The van der Waals surface area contributed by atoms with Gasteiger partial charge in [-0.3, -0.25) is 0 Å². The van der Waals surface area contributed by atoms with Crippen LogP contribution in [-0.4, -0.2) is 9.13 Å². The second-order valence-corrected chi connectivity index (χ2v) is 29.2. The Morgan fingerprint density at radius 2 is 0.357 bits per heavy atom. The largest absolute Gasteiger partial charge is 0.455 e. The quantitative estimate of drug-likeness (QED) is 0.0856. The fourth-order valence-electron chi connectivity index (χ4n) is 17.0. The lowest BCUT2D eigenvalue weighted by Gasteiger charge is -2.26. The van der Waals surface area contributed by atoms with Crippen LogP contribution in [0, 0.1) is 0 Å². The molecule has 0 atom stereocenters. The van der Waals surface area contributed by atoms with E-state index in [1.807, 2.05) is 0 Å². The lowest BCUT2D eigenvalue weighted by molar-refractivity contribution is 0.677. The fourth-order valence-corrected chi connectivity index (χ4v) is 17.0. The van der Waals surface area contributed by atoms with Gasteiger partial charge in [0.2, 0.25) is 0 Å². The third kappa shape index (κ3) is 12.4. The van der Waals surface area contributed by atoms with E-state index in [0.29, 0.717) is 0 Å². The molecule has 0 fully saturated rings. The van der Waals surface area contributed by atoms with Crippen molar-refractivity contribution in [2.45, 2.75) is 0 Å². The standard InChI is InChI=1S/C108H74N6O/c1-9-25-75(26-10-1)79-41-49-87(50-42-79)109(83-33-17-5-18-34-83)91-57-61-93(62-58-91)113-101-69-65-95(111(85-37-21-7-22-38-85)89-53-45-81(46-54-89)77-29-13-3-14-30-77)73-99(101)105-103(113)71-67-97-98-68-72-104-106(108(98)115-107(97)105)100-74-96(112(86-39-23-8-24-40-86)90-55-47-82(48-56-90)78-31-15-4-16-32-78)66-70-102(100)114(104)94-63-59-92(60-64-94)110(84-35-19-6-20-36-84)88-51-43-80(44-52-88)76-27-11-2-12-28-76/h1-74H. The number of para-hydroxylation sites is 4. The Labute approximate surface area is 667 Å². The first-order chi connectivity index (χ1) is 57.0. The fraction of sp³-hybridized carbons (Fsp3) is 0. The summed E-state index contributed by atoms with van der Waals surface area (Å²) in [5.41, 5.74) is 29.7. The van der Waals surface area contributed by atoms with E-state index in [1.165, 1.54) is 33.4 Å². The van der Waals surface area contributed by atoms with Crippen LogP contribution in [-0.2, 0) is 0 Å². The molecule has 0 aliphatic heterocycles. The van der Waals surface area contributed by atoms with Crippen LogP contribution >= 0.6 is 0 Å². The van der Waals surface area contributed by atoms with Crippen molar-refractivity contribution in [1.29, 1.82) is 0 Å². The second-order valence-electron chi connectivity index (χ2n) is 29.2. The number of furan rings is 1. The molecule has 0 bridgehead atoms. The maximum absolute atomic E-state index is 7.95. The van der Waals surface area contributed by atoms with Crippen molar-refractivity contribution in [3.63, 3.8) is 0 Å². The van der Waals surface area contributed by atoms with E-state index in [2.05, 4.69) is 478 Å². The van der Waals surface area contributed by atoms with E-state index in [-0.39, 0.29) is 0 Å². The van der Waals surface area contributed by atoms with Crippen LogP contribution < -0.4 is 19.6 Å². The number of rotatable bonds is 18. The molecule has 542 valence electrons. The summed E-state index contributed by atoms with van der Waals surface area (Å²) < 4.78 is 12.8. The van der Waals surface area contributed by atoms with Gasteiger partial charge in [0.05, 0.1) is 32.8 Å². The van der Waals surface area contributed by atoms with Gasteiger partial charge in [0.25, 0.3) is 0 Å². The minimum atomic E-state index is 0.814. The lowest BCUT2D eigenvalue weighted by atomic mass is 10.0. The number of aromatic nitrogens is 2. The average molecular weight is 1470 g/mol. The van der Waals surface area contributed by atoms with Crippen molar-refractivity contribution in [3.05, 3.63) is 449 Å². The predicted molar refractivity (Wildman–Crippen MR) is 483 cm³/mol. The zero-order chi connectivity index (χ0) is 76.1. The minimum absolute atomic E-state index is 0.814. The van der Waals surface area contributed by atoms with Gasteiger partial charge >= 0.3 is 0 Å². The molecule has 7 heteroatoms. The van der Waals surface area contributed by atoms with Crippen LogP contribution in [0.25, 0.3) is 121 Å². The second kappa shape index (κ2) is 29.1. The molecule has 7 nitrogen and oxygen atoms in total. The van der Waals surface area contributed by atoms with Gasteiger partial charge in [-0.05, 0) is 251 Å². The molecule has 0 spiro atoms. The van der Waals surface area contributed by atoms with Crippen molar-refractivity contribution in [2.75, 3.05) is 19.6 Å². The summed E-state index contributed by atoms with van der Waals surface area (Å²) in [6.07, 6.45) is 0. The van der Waals surface area contributed by atoms with Crippen LogP contribution in [0.3, 0.4) is 0 Å². The number of anilines is 12. The molecule has 21 aromatic rings. The highest BCUT2D eigenvalue weighted by Gasteiger charge is 2.27. The van der Waals surface area contributed by atoms with Gasteiger partial charge in [-0.1, -0.05) is 243 Å². The van der Waals surface area contributed by atoms with Gasteiger partial charge in [0, 0.05) is 101 Å². The molecule has 0 saturated carbocycles. The highest BCUT2D eigenvalue weighted by Crippen LogP contribution is 2.50. The van der Waals surface area contributed by atoms with E-state index < -0.39 is 0 Å². The normalized spacial score (nSPS) is 11.5. The Morgan fingerprint density at radius 3 is 0.617 bits per heavy atom. The highest BCUT2D eigenvalue weighted by atomic mass is 16.3. The van der Waals surface area contributed by atoms with Crippen LogP contribution in [0.1, 0.15) is 0 Å². The van der Waals surface area contributed by atoms with Crippen LogP contribution in [0.15, 0.2) is 453 Å². The zero-order valence-corrected chi connectivity index (χ0v) is 62.8. The SMILES string of the molecule is c1ccc(-c2ccc(N(c3ccccc3)c3ccc(-n4c5ccc(N(c6ccccc6)c6ccc(-c7ccccc7)cc6)cc5c5c6oc7c(ccc8c7c7cc(N(c9ccccc9)c9ccc(-c%10ccccc%10)cc9)ccc7n8-c7ccc(N(c8ccccc8)c8ccc(-c9ccccc9)cc8)cc7)c6ccc54)cc3)cc2)cc1. The monoisotopic (exact) mass is 1470 g/mol. The zero-order valence-electron chi connectivity index (χ0n) is 62.8. The Morgan fingerprint density at radius 1 is 0.157 bits per heavy atom. The Kier molecular flexibility index (Phi) is 17.1. The molecule has 0 N–H and O–H groups in total. The molecular weight excluding hydrogens is 1400 g/mol. The summed E-state index contributed by atoms with van der Waals surface area (Å²) in [5, 5.41) is 6.21. The van der Waals surface area contributed by atoms with Gasteiger partial charge in [-0.2, -0.15) is 0 Å². The highest BCUT2D eigenvalue weighted by molar-refractivity contribution is 6.29. The van der Waals surface area contributed by atoms with E-state index >= 15 is 0 Å². The molecule has 115 heavy (non-hydrogen) atoms. The van der Waals surface area contributed by atoms with Crippen molar-refractivity contribution in [3.8, 4) is 55.9 Å². The van der Waals surface area contributed by atoms with Gasteiger partial charge in [-0.25, -0.2) is 0 Å². The van der Waals surface area contributed by atoms with Crippen molar-refractivity contribution in [2.24, 2.45) is 0 Å². The summed E-state index contributed by atoms with van der Waals surface area (Å²) >= 11 is 0. The topological polar surface area (TPSA) is 36.0 Å². The summed E-state index contributed by atoms with van der Waals surface area (Å²) in [4.78, 5) is 9.42. The smallest absolute Gasteiger partial charge is 0.145 e. The summed E-state index contributed by atoms with van der Waals surface area (Å²) in [6, 6.07) is 162. The predicted octanol–water partition coefficient (Wildman–Crippen LogP) is 30.3. The molecule has 21 rings (SSSR count). The van der Waals surface area contributed by atoms with E-state index in [9.17, 15) is 0 Å². The third-order valence-corrected chi connectivity index (χ3v) is 22.5. The molecule has 0 unspecified atom stereocenters. The van der Waals surface area contributed by atoms with E-state index in [4.69, 9.17) is 4.42 Å². The Bertz CT molecular complexity index is 6620. The lowest BCUT2D eigenvalue weighted by Crippen LogP contribution is -2.10. The van der Waals surface area contributed by atoms with Crippen LogP contribution in [0.5, 0.6) is 0 Å². The van der Waals surface area contributed by atoms with Crippen molar-refractivity contribution < 1.29 is 4.42 Å². The molecule has 0 saturated heterocycles. The maximum atomic E-state index is 7.95. The Balaban J connectivity index is 0.772. The molecule has 0 radical (unpaired) electrons. The summed E-state index contributed by atoms with van der Waals surface area (Å²) in [7, 11) is 0. The number of nitrogens with zero attached hydrogens (tertiary/aromatic N) is 6. The van der Waals surface area contributed by atoms with Crippen molar-refractivity contribution in [1.82, 2.24) is 9.13 Å². The summed E-state index contributed by atoms with van der Waals surface area (Å²) in [5.74, 6) is 0. The number of benzene rings is 18. The summed E-state index contributed by atoms with van der Waals surface area (Å²) in [6.45, 7) is 0. The molecule has 3 heterocycles. The Hall–Kier alpha value is -15.4. The van der Waals surface area contributed by atoms with Gasteiger partial charge in [-0.15, -0.1) is 0 Å². The molecule has 18 aromatic carbocycles. The van der Waals surface area contributed by atoms with E-state index in [0.717, 1.165) is 156 Å². The van der Waals surface area contributed by atoms with Crippen molar-refractivity contribution >= 4 is 134 Å². The third-order valence-electron chi connectivity index (χ3n) is 22.5. The first-order valence-electron chi connectivity index (χ1n) is 39.2. The molecular formula is C108H74N6O. The first kappa shape index (κ1) is 67.7. The number of fused-ring (bicyclic) bond motifs is 11. The molecule has 0 aliphatic rings. The van der Waals surface area contributed by atoms with Gasteiger partial charge < -0.3 is 33.2 Å². The van der Waals surface area contributed by atoms with E-state index in [1.54, 1.807) is 0 Å². The van der Waals surface area contributed by atoms with Gasteiger partial charge in [0.15, 0.2) is 0 Å². The molecule has 0 amide bonds. The average Bonchev–Trinajstić information content (AvgIpc) is 1.54. The van der Waals surface area contributed by atoms with Crippen LogP contribution in [0.2, 0.25) is 0 Å². The molecule has 3 aromatic heterocycles. The first-order valence-corrected chi connectivity index (χ1v) is 39.2. The van der Waals surface area contributed by atoms with Gasteiger partial charge in [0.1, 0.15) is 11.2 Å². The molecule has 0 aliphatic carbocycles. The maximum Gasteiger partial charge on any atom is 0.145 e. The number of hydrogen-bond donors (Lipinski definition) is 0.